The Morgan fingerprint density at radius 2 is 2.20 bits per heavy atom. The van der Waals surface area contributed by atoms with Gasteiger partial charge in [0.25, 0.3) is 0 Å². The average molecular weight is 215 g/mol. The third kappa shape index (κ3) is 4.05. The molecule has 15 heavy (non-hydrogen) atoms. The number of nitrogens with one attached hydrogen (secondary N) is 1. The lowest BCUT2D eigenvalue weighted by Gasteiger charge is -2.31. The first-order valence-corrected chi connectivity index (χ1v) is 5.54. The van der Waals surface area contributed by atoms with Gasteiger partial charge in [-0.1, -0.05) is 18.0 Å². The highest BCUT2D eigenvalue weighted by atomic mass is 16.4. The van der Waals surface area contributed by atoms with Gasteiger partial charge >= 0.3 is 0 Å². The van der Waals surface area contributed by atoms with Crippen molar-refractivity contribution in [3.05, 3.63) is 0 Å². The van der Waals surface area contributed by atoms with Crippen LogP contribution in [0.15, 0.2) is 5.16 Å². The van der Waals surface area contributed by atoms with Crippen molar-refractivity contribution in [1.29, 1.82) is 0 Å². The molecule has 1 aliphatic rings. The largest absolute Gasteiger partial charge is 0.409 e. The monoisotopic (exact) mass is 215 g/mol. The number of hydrogen-bond donors (Lipinski definition) is 4. The highest BCUT2D eigenvalue weighted by Gasteiger charge is 2.24. The van der Waals surface area contributed by atoms with Crippen LogP contribution in [0.3, 0.4) is 0 Å². The zero-order chi connectivity index (χ0) is 11.3. The Balaban J connectivity index is 2.32. The van der Waals surface area contributed by atoms with Gasteiger partial charge in [0, 0.05) is 18.5 Å². The lowest BCUT2D eigenvalue weighted by Crippen LogP contribution is -2.47. The van der Waals surface area contributed by atoms with Crippen LogP contribution in [0.1, 0.15) is 39.0 Å². The molecule has 3 atom stereocenters. The molecule has 0 heterocycles. The molecule has 1 fully saturated rings. The van der Waals surface area contributed by atoms with E-state index in [1.54, 1.807) is 0 Å². The summed E-state index contributed by atoms with van der Waals surface area (Å²) in [5.74, 6) is 0.222. The van der Waals surface area contributed by atoms with Gasteiger partial charge in [0.2, 0.25) is 0 Å². The molecule has 5 nitrogen and oxygen atoms in total. The fourth-order valence-corrected chi connectivity index (χ4v) is 2.08. The minimum atomic E-state index is -0.256. The molecular weight excluding hydrogens is 194 g/mol. The maximum atomic E-state index is 9.74. The van der Waals surface area contributed by atoms with E-state index in [1.807, 2.05) is 6.92 Å². The molecule has 0 radical (unpaired) electrons. The molecule has 0 saturated heterocycles. The second kappa shape index (κ2) is 5.92. The van der Waals surface area contributed by atoms with Crippen LogP contribution in [0.4, 0.5) is 0 Å². The number of aliphatic hydroxyl groups excluding tert-OH is 1. The van der Waals surface area contributed by atoms with Gasteiger partial charge in [-0.3, -0.25) is 0 Å². The number of amidine groups is 1. The Labute approximate surface area is 90.3 Å². The van der Waals surface area contributed by atoms with Crippen LogP contribution in [-0.4, -0.2) is 34.3 Å². The molecule has 0 aromatic rings. The predicted octanol–water partition coefficient (Wildman–Crippen LogP) is 0.404. The fraction of sp³-hybridized carbons (Fsp3) is 0.900. The summed E-state index contributed by atoms with van der Waals surface area (Å²) in [4.78, 5) is 0. The Kier molecular flexibility index (Phi) is 4.84. The van der Waals surface area contributed by atoms with E-state index in [9.17, 15) is 5.11 Å². The van der Waals surface area contributed by atoms with Gasteiger partial charge in [-0.05, 0) is 19.8 Å². The van der Waals surface area contributed by atoms with Crippen LogP contribution in [0, 0.1) is 0 Å². The standard InChI is InChI=1S/C10H21N3O2/c1-7(6-10(11)13-15)12-8-4-2-3-5-9(8)14/h7-9,12,14-15H,2-6H2,1H3,(H2,11,13). The molecule has 88 valence electrons. The third-order valence-electron chi connectivity index (χ3n) is 2.87. The Bertz CT molecular complexity index is 221. The SMILES string of the molecule is CC(CC(N)=NO)NC1CCCCC1O. The summed E-state index contributed by atoms with van der Waals surface area (Å²) in [7, 11) is 0. The molecule has 0 aromatic carbocycles. The van der Waals surface area contributed by atoms with Gasteiger partial charge in [-0.25, -0.2) is 0 Å². The summed E-state index contributed by atoms with van der Waals surface area (Å²) < 4.78 is 0. The molecule has 1 rings (SSSR count). The normalized spacial score (nSPS) is 30.1. The summed E-state index contributed by atoms with van der Waals surface area (Å²) in [6.07, 6.45) is 4.38. The van der Waals surface area contributed by atoms with Gasteiger partial charge in [0.05, 0.1) is 6.10 Å². The molecule has 3 unspecified atom stereocenters. The van der Waals surface area contributed by atoms with Gasteiger partial charge in [0.1, 0.15) is 5.84 Å². The minimum Gasteiger partial charge on any atom is -0.409 e. The number of oxime groups is 1. The van der Waals surface area contributed by atoms with Crippen molar-refractivity contribution in [1.82, 2.24) is 5.32 Å². The Hall–Kier alpha value is -0.810. The van der Waals surface area contributed by atoms with E-state index < -0.39 is 0 Å². The van der Waals surface area contributed by atoms with Crippen molar-refractivity contribution in [2.45, 2.75) is 57.2 Å². The maximum absolute atomic E-state index is 9.74. The van der Waals surface area contributed by atoms with E-state index in [0.29, 0.717) is 6.42 Å². The molecule has 1 aliphatic carbocycles. The van der Waals surface area contributed by atoms with E-state index in [2.05, 4.69) is 10.5 Å². The van der Waals surface area contributed by atoms with E-state index in [0.717, 1.165) is 25.7 Å². The number of rotatable bonds is 4. The topological polar surface area (TPSA) is 90.9 Å². The molecule has 5 heteroatoms. The number of nitrogens with two attached hydrogens (primary N) is 1. The summed E-state index contributed by atoms with van der Waals surface area (Å²) in [6.45, 7) is 1.97. The number of hydrogen-bond acceptors (Lipinski definition) is 4. The summed E-state index contributed by atoms with van der Waals surface area (Å²) in [6, 6.07) is 0.277. The first-order valence-electron chi connectivity index (χ1n) is 5.54. The van der Waals surface area contributed by atoms with Crippen LogP contribution >= 0.6 is 0 Å². The van der Waals surface area contributed by atoms with Gasteiger partial charge in [-0.2, -0.15) is 0 Å². The van der Waals surface area contributed by atoms with E-state index in [-0.39, 0.29) is 24.0 Å². The number of aliphatic hydroxyl groups is 1. The van der Waals surface area contributed by atoms with Crippen molar-refractivity contribution in [2.24, 2.45) is 10.9 Å². The molecular formula is C10H21N3O2. The van der Waals surface area contributed by atoms with Crippen molar-refractivity contribution in [3.8, 4) is 0 Å². The minimum absolute atomic E-state index is 0.124. The Morgan fingerprint density at radius 3 is 2.80 bits per heavy atom. The van der Waals surface area contributed by atoms with E-state index in [1.165, 1.54) is 0 Å². The Morgan fingerprint density at radius 1 is 1.53 bits per heavy atom. The molecule has 0 aliphatic heterocycles. The van der Waals surface area contributed by atoms with Crippen LogP contribution in [0.2, 0.25) is 0 Å². The molecule has 0 amide bonds. The summed E-state index contributed by atoms with van der Waals surface area (Å²) in [5, 5.41) is 24.4. The van der Waals surface area contributed by atoms with Gasteiger partial charge in [0.15, 0.2) is 0 Å². The molecule has 0 spiro atoms. The van der Waals surface area contributed by atoms with Crippen LogP contribution < -0.4 is 11.1 Å². The van der Waals surface area contributed by atoms with E-state index in [4.69, 9.17) is 10.9 Å². The molecule has 1 saturated carbocycles. The maximum Gasteiger partial charge on any atom is 0.140 e. The zero-order valence-corrected chi connectivity index (χ0v) is 9.19. The van der Waals surface area contributed by atoms with Crippen LogP contribution in [-0.2, 0) is 0 Å². The molecule has 5 N–H and O–H groups in total. The van der Waals surface area contributed by atoms with Gasteiger partial charge in [-0.15, -0.1) is 0 Å². The fourth-order valence-electron chi connectivity index (χ4n) is 2.08. The predicted molar refractivity (Wildman–Crippen MR) is 58.9 cm³/mol. The molecule has 0 aromatic heterocycles. The summed E-state index contributed by atoms with van der Waals surface area (Å²) >= 11 is 0. The van der Waals surface area contributed by atoms with Crippen molar-refractivity contribution >= 4 is 5.84 Å². The van der Waals surface area contributed by atoms with Crippen molar-refractivity contribution in [3.63, 3.8) is 0 Å². The summed E-state index contributed by atoms with van der Waals surface area (Å²) in [5.41, 5.74) is 5.41. The van der Waals surface area contributed by atoms with Gasteiger partial charge < -0.3 is 21.4 Å². The lowest BCUT2D eigenvalue weighted by atomic mass is 9.92. The first-order chi connectivity index (χ1) is 7.13. The number of nitrogens with zero attached hydrogens (tertiary/aromatic N) is 1. The van der Waals surface area contributed by atoms with Crippen LogP contribution in [0.25, 0.3) is 0 Å². The molecule has 0 bridgehead atoms. The van der Waals surface area contributed by atoms with Crippen LogP contribution in [0.5, 0.6) is 0 Å². The first kappa shape index (κ1) is 12.3. The second-order valence-corrected chi connectivity index (χ2v) is 4.32. The van der Waals surface area contributed by atoms with Crippen molar-refractivity contribution in [2.75, 3.05) is 0 Å². The smallest absolute Gasteiger partial charge is 0.140 e. The lowest BCUT2D eigenvalue weighted by molar-refractivity contribution is 0.0863. The quantitative estimate of drug-likeness (QED) is 0.236. The van der Waals surface area contributed by atoms with E-state index >= 15 is 0 Å². The second-order valence-electron chi connectivity index (χ2n) is 4.32. The zero-order valence-electron chi connectivity index (χ0n) is 9.19. The average Bonchev–Trinajstić information content (AvgIpc) is 2.21. The highest BCUT2D eigenvalue weighted by molar-refractivity contribution is 5.80. The van der Waals surface area contributed by atoms with Crippen molar-refractivity contribution < 1.29 is 10.3 Å². The highest BCUT2D eigenvalue weighted by Crippen LogP contribution is 2.18. The third-order valence-corrected chi connectivity index (χ3v) is 2.87.